The summed E-state index contributed by atoms with van der Waals surface area (Å²) < 4.78 is 4.68. The summed E-state index contributed by atoms with van der Waals surface area (Å²) in [4.78, 5) is 4.45. The van der Waals surface area contributed by atoms with Crippen LogP contribution in [-0.2, 0) is 0 Å². The Kier molecular flexibility index (Phi) is 8.84. The van der Waals surface area contributed by atoms with Gasteiger partial charge in [0.1, 0.15) is 6.07 Å². The number of benzene rings is 9. The van der Waals surface area contributed by atoms with E-state index in [1.54, 1.807) is 0 Å². The van der Waals surface area contributed by atoms with Crippen molar-refractivity contribution < 1.29 is 0 Å². The number of hydrogen-bond acceptors (Lipinski definition) is 2. The van der Waals surface area contributed by atoms with Gasteiger partial charge in [0, 0.05) is 39.5 Å². The van der Waals surface area contributed by atoms with Crippen molar-refractivity contribution >= 4 is 43.6 Å². The van der Waals surface area contributed by atoms with Crippen molar-refractivity contribution in [2.24, 2.45) is 0 Å². The van der Waals surface area contributed by atoms with Gasteiger partial charge in [-0.25, -0.2) is 0 Å². The van der Waals surface area contributed by atoms with Gasteiger partial charge in [0.05, 0.1) is 39.0 Å². The molecule has 12 rings (SSSR count). The van der Waals surface area contributed by atoms with E-state index < -0.39 is 0 Å². The summed E-state index contributed by atoms with van der Waals surface area (Å²) in [7, 11) is 0. The van der Waals surface area contributed by atoms with Gasteiger partial charge in [0.15, 0.2) is 0 Å². The van der Waals surface area contributed by atoms with Crippen LogP contribution in [0.5, 0.6) is 0 Å². The van der Waals surface area contributed by atoms with E-state index in [-0.39, 0.29) is 0 Å². The summed E-state index contributed by atoms with van der Waals surface area (Å²) in [5.74, 6) is 0. The molecule has 0 aliphatic carbocycles. The fourth-order valence-corrected chi connectivity index (χ4v) is 9.60. The monoisotopic (exact) mass is 814 g/mol. The van der Waals surface area contributed by atoms with Crippen LogP contribution < -0.4 is 0 Å². The van der Waals surface area contributed by atoms with Crippen molar-refractivity contribution in [1.29, 1.82) is 5.26 Å². The van der Waals surface area contributed by atoms with Gasteiger partial charge in [-0.3, -0.25) is 4.98 Å². The zero-order valence-corrected chi connectivity index (χ0v) is 34.7. The maximum Gasteiger partial charge on any atom is 0.101 e. The molecular weight excluding hydrogens is 777 g/mol. The minimum absolute atomic E-state index is 0.565. The van der Waals surface area contributed by atoms with Crippen molar-refractivity contribution in [3.8, 4) is 73.1 Å². The van der Waals surface area contributed by atoms with E-state index >= 15 is 0 Å². The van der Waals surface area contributed by atoms with Crippen LogP contribution >= 0.6 is 0 Å². The summed E-state index contributed by atoms with van der Waals surface area (Å²) in [5.41, 5.74) is 17.5. The van der Waals surface area contributed by atoms with Crippen LogP contribution in [0.3, 0.4) is 0 Å². The fourth-order valence-electron chi connectivity index (χ4n) is 9.60. The number of hydrogen-bond donors (Lipinski definition) is 0. The Bertz CT molecular complexity index is 3560. The largest absolute Gasteiger partial charge is 0.309 e. The molecule has 0 bridgehead atoms. The van der Waals surface area contributed by atoms with Gasteiger partial charge in [-0.1, -0.05) is 170 Å². The molecule has 0 atom stereocenters. The van der Waals surface area contributed by atoms with Gasteiger partial charge in [0.25, 0.3) is 0 Å². The van der Waals surface area contributed by atoms with Crippen LogP contribution in [-0.4, -0.2) is 14.1 Å². The normalized spacial score (nSPS) is 11.4. The number of pyridine rings is 1. The molecule has 0 aliphatic heterocycles. The zero-order valence-electron chi connectivity index (χ0n) is 34.7. The molecule has 4 heteroatoms. The Morgan fingerprint density at radius 1 is 0.312 bits per heavy atom. The standard InChI is InChI=1S/C60H38N4/c61-39-49-37-60(64-58-35-47(42-17-9-3-10-18-42)23-27-52(58)53-28-24-48(36-59(53)64)43-19-11-4-12-20-43)54(44-29-31-62-32-30-44)38-55(49)63-56-33-45(40-13-5-1-6-14-40)21-25-50(56)51-26-22-46(34-57(51)63)41-15-7-2-8-16-41/h1-38H. The molecule has 0 saturated heterocycles. The third kappa shape index (κ3) is 6.18. The molecule has 298 valence electrons. The van der Waals surface area contributed by atoms with E-state index in [1.807, 2.05) is 24.5 Å². The highest BCUT2D eigenvalue weighted by Gasteiger charge is 2.23. The predicted octanol–water partition coefficient (Wildman–Crippen LogP) is 15.5. The van der Waals surface area contributed by atoms with Crippen molar-refractivity contribution in [3.05, 3.63) is 236 Å². The molecule has 4 nitrogen and oxygen atoms in total. The number of nitriles is 1. The maximum atomic E-state index is 11.4. The Labute approximate surface area is 370 Å². The molecule has 64 heavy (non-hydrogen) atoms. The first-order chi connectivity index (χ1) is 31.7. The second-order valence-corrected chi connectivity index (χ2v) is 16.3. The van der Waals surface area contributed by atoms with Crippen LogP contribution in [0, 0.1) is 11.3 Å². The fraction of sp³-hybridized carbons (Fsp3) is 0. The van der Waals surface area contributed by atoms with Crippen LogP contribution in [0.2, 0.25) is 0 Å². The van der Waals surface area contributed by atoms with Gasteiger partial charge >= 0.3 is 0 Å². The van der Waals surface area contributed by atoms with Crippen molar-refractivity contribution in [2.45, 2.75) is 0 Å². The predicted molar refractivity (Wildman–Crippen MR) is 265 cm³/mol. The quantitative estimate of drug-likeness (QED) is 0.161. The Hall–Kier alpha value is -8.78. The van der Waals surface area contributed by atoms with Crippen molar-refractivity contribution in [2.75, 3.05) is 0 Å². The molecule has 0 saturated carbocycles. The highest BCUT2D eigenvalue weighted by atomic mass is 15.0. The first-order valence-corrected chi connectivity index (χ1v) is 21.6. The lowest BCUT2D eigenvalue weighted by Crippen LogP contribution is -2.04. The number of aromatic nitrogens is 3. The first kappa shape index (κ1) is 37.0. The van der Waals surface area contributed by atoms with Crippen LogP contribution in [0.1, 0.15) is 5.56 Å². The number of fused-ring (bicyclic) bond motifs is 6. The molecule has 0 aliphatic rings. The second kappa shape index (κ2) is 15.3. The maximum absolute atomic E-state index is 11.4. The number of nitrogens with zero attached hydrogens (tertiary/aromatic N) is 4. The van der Waals surface area contributed by atoms with Crippen molar-refractivity contribution in [1.82, 2.24) is 14.1 Å². The van der Waals surface area contributed by atoms with Gasteiger partial charge in [0.2, 0.25) is 0 Å². The van der Waals surface area contributed by atoms with Crippen LogP contribution in [0.4, 0.5) is 0 Å². The summed E-state index contributed by atoms with van der Waals surface area (Å²) in [6, 6.07) is 80.2. The molecule has 12 aromatic rings. The minimum Gasteiger partial charge on any atom is -0.309 e. The van der Waals surface area contributed by atoms with E-state index in [0.717, 1.165) is 111 Å². The average molecular weight is 815 g/mol. The SMILES string of the molecule is N#Cc1cc(-n2c3cc(-c4ccccc4)ccc3c3ccc(-c4ccccc4)cc32)c(-c2ccncc2)cc1-n1c2cc(-c3ccccc3)ccc2c2ccc(-c3ccccc3)cc21. The van der Waals surface area contributed by atoms with E-state index in [2.05, 4.69) is 226 Å². The molecule has 0 spiro atoms. The molecule has 0 amide bonds. The molecule has 3 heterocycles. The van der Waals surface area contributed by atoms with E-state index in [4.69, 9.17) is 0 Å². The summed E-state index contributed by atoms with van der Waals surface area (Å²) in [6.45, 7) is 0. The topological polar surface area (TPSA) is 46.5 Å². The van der Waals surface area contributed by atoms with Crippen LogP contribution in [0.25, 0.3) is 111 Å². The Morgan fingerprint density at radius 2 is 0.656 bits per heavy atom. The second-order valence-electron chi connectivity index (χ2n) is 16.3. The van der Waals surface area contributed by atoms with Gasteiger partial charge in [-0.2, -0.15) is 5.26 Å². The lowest BCUT2D eigenvalue weighted by molar-refractivity contribution is 1.13. The zero-order chi connectivity index (χ0) is 42.6. The van der Waals surface area contributed by atoms with Gasteiger partial charge in [-0.05, 0) is 98.6 Å². The number of rotatable bonds is 7. The van der Waals surface area contributed by atoms with Crippen molar-refractivity contribution in [3.63, 3.8) is 0 Å². The van der Waals surface area contributed by atoms with E-state index in [1.165, 1.54) is 0 Å². The molecule has 0 fully saturated rings. The Balaban J connectivity index is 1.19. The first-order valence-electron chi connectivity index (χ1n) is 21.6. The van der Waals surface area contributed by atoms with E-state index in [9.17, 15) is 5.26 Å². The lowest BCUT2D eigenvalue weighted by atomic mass is 9.99. The minimum atomic E-state index is 0.565. The third-order valence-corrected chi connectivity index (χ3v) is 12.7. The summed E-state index contributed by atoms with van der Waals surface area (Å²) >= 11 is 0. The molecule has 0 unspecified atom stereocenters. The molecule has 3 aromatic heterocycles. The average Bonchev–Trinajstić information content (AvgIpc) is 3.88. The summed E-state index contributed by atoms with van der Waals surface area (Å²) in [6.07, 6.45) is 3.70. The Morgan fingerprint density at radius 3 is 1.00 bits per heavy atom. The lowest BCUT2D eigenvalue weighted by Gasteiger charge is -2.19. The molecule has 0 N–H and O–H groups in total. The van der Waals surface area contributed by atoms with Gasteiger partial charge < -0.3 is 9.13 Å². The highest BCUT2D eigenvalue weighted by molar-refractivity contribution is 6.13. The van der Waals surface area contributed by atoms with Gasteiger partial charge in [-0.15, -0.1) is 0 Å². The third-order valence-electron chi connectivity index (χ3n) is 12.7. The summed E-state index contributed by atoms with van der Waals surface area (Å²) in [5, 5.41) is 16.0. The molecule has 9 aromatic carbocycles. The molecule has 0 radical (unpaired) electrons. The smallest absolute Gasteiger partial charge is 0.101 e. The van der Waals surface area contributed by atoms with Crippen LogP contribution in [0.15, 0.2) is 231 Å². The highest BCUT2D eigenvalue weighted by Crippen LogP contribution is 2.43. The van der Waals surface area contributed by atoms with E-state index in [0.29, 0.717) is 5.56 Å². The molecular formula is C60H38N4.